The molecule has 0 aromatic heterocycles. The summed E-state index contributed by atoms with van der Waals surface area (Å²) in [5, 5.41) is 17.2. The van der Waals surface area contributed by atoms with E-state index in [2.05, 4.69) is 10.6 Å². The number of nitrogens with one attached hydrogen (secondary N) is 2. The standard InChI is InChI=1S/C31H34N2O7/c1-5-40-20-12-10-11-19(17-20)26-27(29(35)32-21-13-6-8-15-24(21)38-3)23(34)18-31(2,37)28(26)30(36)33-22-14-7-9-16-25(22)39-4/h6-17,26-28,37H,5,18H2,1-4H3,(H,32,35)(H,33,36). The first-order valence-electron chi connectivity index (χ1n) is 13.1. The predicted octanol–water partition coefficient (Wildman–Crippen LogP) is 4.42. The predicted molar refractivity (Wildman–Crippen MR) is 151 cm³/mol. The van der Waals surface area contributed by atoms with E-state index in [1.54, 1.807) is 72.8 Å². The lowest BCUT2D eigenvalue weighted by Gasteiger charge is -2.44. The van der Waals surface area contributed by atoms with Gasteiger partial charge in [0, 0.05) is 12.3 Å². The molecule has 210 valence electrons. The van der Waals surface area contributed by atoms with Crippen molar-refractivity contribution in [3.8, 4) is 17.2 Å². The van der Waals surface area contributed by atoms with Crippen LogP contribution >= 0.6 is 0 Å². The number of ether oxygens (including phenoxy) is 3. The van der Waals surface area contributed by atoms with Crippen molar-refractivity contribution in [1.29, 1.82) is 0 Å². The van der Waals surface area contributed by atoms with Gasteiger partial charge in [0.05, 0.1) is 43.7 Å². The monoisotopic (exact) mass is 546 g/mol. The molecule has 0 heterocycles. The van der Waals surface area contributed by atoms with Gasteiger partial charge in [-0.25, -0.2) is 0 Å². The highest BCUT2D eigenvalue weighted by Gasteiger charge is 2.56. The van der Waals surface area contributed by atoms with Gasteiger partial charge in [-0.15, -0.1) is 0 Å². The molecule has 1 fully saturated rings. The van der Waals surface area contributed by atoms with Gasteiger partial charge in [-0.05, 0) is 55.8 Å². The fraction of sp³-hybridized carbons (Fsp3) is 0.323. The highest BCUT2D eigenvalue weighted by molar-refractivity contribution is 6.11. The third kappa shape index (κ3) is 5.94. The molecule has 0 saturated heterocycles. The second-order valence-corrected chi connectivity index (χ2v) is 9.87. The van der Waals surface area contributed by atoms with Crippen molar-refractivity contribution in [3.05, 3.63) is 78.4 Å². The van der Waals surface area contributed by atoms with Crippen molar-refractivity contribution in [1.82, 2.24) is 0 Å². The summed E-state index contributed by atoms with van der Waals surface area (Å²) in [6.07, 6.45) is -0.386. The van der Waals surface area contributed by atoms with Crippen molar-refractivity contribution in [2.45, 2.75) is 31.8 Å². The van der Waals surface area contributed by atoms with Crippen LogP contribution in [-0.2, 0) is 14.4 Å². The maximum Gasteiger partial charge on any atom is 0.235 e. The van der Waals surface area contributed by atoms with E-state index < -0.39 is 41.0 Å². The Labute approximate surface area is 233 Å². The SMILES string of the molecule is CCOc1cccc(C2C(C(=O)Nc3ccccc3OC)C(=O)CC(C)(O)C2C(=O)Nc2ccccc2OC)c1. The number of Topliss-reactive ketones (excluding diaryl/α,β-unsaturated/α-hetero) is 1. The van der Waals surface area contributed by atoms with E-state index >= 15 is 0 Å². The molecule has 4 atom stereocenters. The lowest BCUT2D eigenvalue weighted by molar-refractivity contribution is -0.150. The van der Waals surface area contributed by atoms with Crippen LogP contribution in [0.3, 0.4) is 0 Å². The molecule has 2 amide bonds. The fourth-order valence-corrected chi connectivity index (χ4v) is 5.39. The molecule has 0 radical (unpaired) electrons. The molecule has 0 bridgehead atoms. The minimum Gasteiger partial charge on any atom is -0.495 e. The summed E-state index contributed by atoms with van der Waals surface area (Å²) < 4.78 is 16.4. The Balaban J connectivity index is 1.81. The Bertz CT molecular complexity index is 1390. The number of anilines is 2. The van der Waals surface area contributed by atoms with Crippen molar-refractivity contribution in [3.63, 3.8) is 0 Å². The van der Waals surface area contributed by atoms with Gasteiger partial charge in [-0.1, -0.05) is 36.4 Å². The minimum absolute atomic E-state index is 0.386. The molecule has 1 aliphatic carbocycles. The fourth-order valence-electron chi connectivity index (χ4n) is 5.39. The van der Waals surface area contributed by atoms with Gasteiger partial charge in [0.15, 0.2) is 0 Å². The van der Waals surface area contributed by atoms with Gasteiger partial charge in [-0.2, -0.15) is 0 Å². The molecular weight excluding hydrogens is 512 g/mol. The Hall–Kier alpha value is -4.37. The molecule has 0 spiro atoms. The summed E-state index contributed by atoms with van der Waals surface area (Å²) >= 11 is 0. The number of hydrogen-bond acceptors (Lipinski definition) is 7. The Kier molecular flexibility index (Phi) is 8.74. The van der Waals surface area contributed by atoms with Gasteiger partial charge >= 0.3 is 0 Å². The third-order valence-electron chi connectivity index (χ3n) is 7.12. The van der Waals surface area contributed by atoms with Crippen LogP contribution in [0.2, 0.25) is 0 Å². The van der Waals surface area contributed by atoms with Crippen LogP contribution in [0.25, 0.3) is 0 Å². The summed E-state index contributed by atoms with van der Waals surface area (Å²) in [4.78, 5) is 41.4. The molecule has 3 aromatic carbocycles. The molecule has 3 aromatic rings. The number of methoxy groups -OCH3 is 2. The second kappa shape index (κ2) is 12.2. The minimum atomic E-state index is -1.75. The van der Waals surface area contributed by atoms with Crippen LogP contribution in [0.5, 0.6) is 17.2 Å². The number of carbonyl (C=O) groups excluding carboxylic acids is 3. The van der Waals surface area contributed by atoms with Gasteiger partial charge in [0.2, 0.25) is 11.8 Å². The zero-order valence-corrected chi connectivity index (χ0v) is 23.0. The molecule has 4 rings (SSSR count). The number of aliphatic hydroxyl groups is 1. The number of hydrogen-bond donors (Lipinski definition) is 3. The first-order chi connectivity index (χ1) is 19.2. The van der Waals surface area contributed by atoms with Crippen LogP contribution in [0, 0.1) is 11.8 Å². The largest absolute Gasteiger partial charge is 0.495 e. The summed E-state index contributed by atoms with van der Waals surface area (Å²) in [5.74, 6) is -3.74. The van der Waals surface area contributed by atoms with E-state index in [9.17, 15) is 19.5 Å². The topological polar surface area (TPSA) is 123 Å². The first kappa shape index (κ1) is 28.6. The summed E-state index contributed by atoms with van der Waals surface area (Å²) in [6, 6.07) is 20.7. The Morgan fingerprint density at radius 1 is 0.900 bits per heavy atom. The quantitative estimate of drug-likeness (QED) is 0.340. The lowest BCUT2D eigenvalue weighted by atomic mass is 9.61. The lowest BCUT2D eigenvalue weighted by Crippen LogP contribution is -2.56. The number of benzene rings is 3. The highest BCUT2D eigenvalue weighted by atomic mass is 16.5. The molecule has 1 saturated carbocycles. The number of amides is 2. The molecule has 9 nitrogen and oxygen atoms in total. The van der Waals surface area contributed by atoms with E-state index in [4.69, 9.17) is 14.2 Å². The summed E-state index contributed by atoms with van der Waals surface area (Å²) in [6.45, 7) is 3.69. The molecule has 1 aliphatic rings. The van der Waals surface area contributed by atoms with Crippen molar-refractivity contribution < 1.29 is 33.7 Å². The number of ketones is 1. The molecule has 0 aliphatic heterocycles. The van der Waals surface area contributed by atoms with Gasteiger partial charge < -0.3 is 30.0 Å². The molecule has 4 unspecified atom stereocenters. The molecular formula is C31H34N2O7. The smallest absolute Gasteiger partial charge is 0.235 e. The zero-order chi connectivity index (χ0) is 28.9. The summed E-state index contributed by atoms with van der Waals surface area (Å²) in [5.41, 5.74) is -0.451. The van der Waals surface area contributed by atoms with Crippen LogP contribution in [0.4, 0.5) is 11.4 Å². The summed E-state index contributed by atoms with van der Waals surface area (Å²) in [7, 11) is 2.97. The molecule has 3 N–H and O–H groups in total. The number of para-hydroxylation sites is 4. The third-order valence-corrected chi connectivity index (χ3v) is 7.12. The van der Waals surface area contributed by atoms with Crippen LogP contribution in [0.15, 0.2) is 72.8 Å². The van der Waals surface area contributed by atoms with Crippen LogP contribution < -0.4 is 24.8 Å². The van der Waals surface area contributed by atoms with Crippen LogP contribution in [0.1, 0.15) is 31.7 Å². The Morgan fingerprint density at radius 2 is 1.48 bits per heavy atom. The first-order valence-corrected chi connectivity index (χ1v) is 13.1. The number of carbonyl (C=O) groups is 3. The van der Waals surface area contributed by atoms with E-state index in [-0.39, 0.29) is 6.42 Å². The Morgan fingerprint density at radius 3 is 2.05 bits per heavy atom. The van der Waals surface area contributed by atoms with Crippen LogP contribution in [-0.4, -0.2) is 49.1 Å². The van der Waals surface area contributed by atoms with Crippen molar-refractivity contribution in [2.24, 2.45) is 11.8 Å². The van der Waals surface area contributed by atoms with E-state index in [1.807, 2.05) is 6.92 Å². The maximum atomic E-state index is 14.0. The van der Waals surface area contributed by atoms with Crippen molar-refractivity contribution >= 4 is 29.0 Å². The van der Waals surface area contributed by atoms with E-state index in [0.717, 1.165) is 0 Å². The molecule has 40 heavy (non-hydrogen) atoms. The van der Waals surface area contributed by atoms with Gasteiger partial charge in [0.1, 0.15) is 28.9 Å². The number of rotatable bonds is 9. The maximum absolute atomic E-state index is 14.0. The molecule has 9 heteroatoms. The average molecular weight is 547 g/mol. The highest BCUT2D eigenvalue weighted by Crippen LogP contribution is 2.47. The van der Waals surface area contributed by atoms with E-state index in [1.165, 1.54) is 21.1 Å². The van der Waals surface area contributed by atoms with Gasteiger partial charge in [-0.3, -0.25) is 14.4 Å². The van der Waals surface area contributed by atoms with E-state index in [0.29, 0.717) is 40.8 Å². The zero-order valence-electron chi connectivity index (χ0n) is 23.0. The van der Waals surface area contributed by atoms with Crippen molar-refractivity contribution in [2.75, 3.05) is 31.5 Å². The average Bonchev–Trinajstić information content (AvgIpc) is 2.93. The second-order valence-electron chi connectivity index (χ2n) is 9.87. The van der Waals surface area contributed by atoms with Gasteiger partial charge in [0.25, 0.3) is 0 Å². The normalized spacial score (nSPS) is 22.2.